The Labute approximate surface area is 211 Å². The Balaban J connectivity index is 1.68. The number of nitrogens with zero attached hydrogens (tertiary/aromatic N) is 2. The molecule has 1 fully saturated rings. The lowest BCUT2D eigenvalue weighted by molar-refractivity contribution is -0.132. The van der Waals surface area contributed by atoms with Gasteiger partial charge >= 0.3 is 18.0 Å². The van der Waals surface area contributed by atoms with Gasteiger partial charge in [-0.15, -0.1) is 0 Å². The van der Waals surface area contributed by atoms with Crippen molar-refractivity contribution in [3.8, 4) is 11.5 Å². The van der Waals surface area contributed by atoms with Crippen LogP contribution in [-0.2, 0) is 14.4 Å². The molecule has 1 aliphatic rings. The zero-order valence-electron chi connectivity index (χ0n) is 20.3. The fraction of sp³-hybridized carbons (Fsp3) is 0.192. The fourth-order valence-corrected chi connectivity index (χ4v) is 4.09. The third-order valence-electron chi connectivity index (χ3n) is 5.71. The number of fused-ring (bicyclic) bond motifs is 1. The number of nitrogens with two attached hydrogens (primary N) is 1. The van der Waals surface area contributed by atoms with Crippen molar-refractivity contribution in [2.24, 2.45) is 5.73 Å². The number of nitrogens with one attached hydrogen (secondary N) is 1. The molecule has 11 nitrogen and oxygen atoms in total. The molecule has 2 atom stereocenters. The SMILES string of the molecule is CC(=O)Oc1cc(OC(C)=O)cc(C(=O)NC2C(=O)N(C)C(=O)N(c3cccc4ccccc34)C2N)c1. The van der Waals surface area contributed by atoms with E-state index in [4.69, 9.17) is 15.2 Å². The van der Waals surface area contributed by atoms with Crippen molar-refractivity contribution >= 4 is 46.2 Å². The van der Waals surface area contributed by atoms with Gasteiger partial charge in [-0.2, -0.15) is 0 Å². The van der Waals surface area contributed by atoms with Crippen molar-refractivity contribution in [3.05, 3.63) is 66.2 Å². The molecule has 4 rings (SSSR count). The molecule has 1 heterocycles. The number of imide groups is 1. The van der Waals surface area contributed by atoms with Gasteiger partial charge < -0.3 is 20.5 Å². The number of hydrogen-bond acceptors (Lipinski definition) is 8. The van der Waals surface area contributed by atoms with Crippen LogP contribution in [0.2, 0.25) is 0 Å². The molecule has 4 amide bonds. The third-order valence-corrected chi connectivity index (χ3v) is 5.71. The van der Waals surface area contributed by atoms with E-state index in [9.17, 15) is 24.0 Å². The molecule has 1 aliphatic heterocycles. The van der Waals surface area contributed by atoms with Gasteiger partial charge in [-0.1, -0.05) is 36.4 Å². The molecule has 0 radical (unpaired) electrons. The minimum atomic E-state index is -1.32. The van der Waals surface area contributed by atoms with Crippen molar-refractivity contribution < 1.29 is 33.4 Å². The standard InChI is InChI=1S/C26H24N4O7/c1-14(31)36-18-11-17(12-19(13-18)37-15(2)32)24(33)28-22-23(27)30(26(35)29(3)25(22)34)21-10-6-8-16-7-4-5-9-20(16)21/h4-13,22-23H,27H2,1-3H3,(H,28,33). The molecular formula is C26H24N4O7. The monoisotopic (exact) mass is 504 g/mol. The molecule has 11 heteroatoms. The van der Waals surface area contributed by atoms with E-state index in [-0.39, 0.29) is 17.1 Å². The number of ether oxygens (including phenoxy) is 2. The van der Waals surface area contributed by atoms with E-state index in [1.165, 1.54) is 44.0 Å². The largest absolute Gasteiger partial charge is 0.427 e. The van der Waals surface area contributed by atoms with Crippen LogP contribution in [0, 0.1) is 0 Å². The second kappa shape index (κ2) is 10.1. The first kappa shape index (κ1) is 25.3. The summed E-state index contributed by atoms with van der Waals surface area (Å²) in [5.41, 5.74) is 6.82. The second-order valence-electron chi connectivity index (χ2n) is 8.37. The van der Waals surface area contributed by atoms with Crippen LogP contribution in [0.25, 0.3) is 10.8 Å². The first-order chi connectivity index (χ1) is 17.6. The van der Waals surface area contributed by atoms with Gasteiger partial charge in [-0.3, -0.25) is 29.0 Å². The van der Waals surface area contributed by atoms with Crippen molar-refractivity contribution in [1.29, 1.82) is 0 Å². The fourth-order valence-electron chi connectivity index (χ4n) is 4.09. The van der Waals surface area contributed by atoms with Crippen molar-refractivity contribution in [1.82, 2.24) is 10.2 Å². The van der Waals surface area contributed by atoms with Gasteiger partial charge in [0, 0.05) is 37.9 Å². The smallest absolute Gasteiger partial charge is 0.332 e. The zero-order valence-corrected chi connectivity index (χ0v) is 20.3. The van der Waals surface area contributed by atoms with Gasteiger partial charge in [-0.25, -0.2) is 4.79 Å². The van der Waals surface area contributed by atoms with Gasteiger partial charge in [-0.05, 0) is 23.6 Å². The summed E-state index contributed by atoms with van der Waals surface area (Å²) in [5, 5.41) is 4.16. The van der Waals surface area contributed by atoms with E-state index >= 15 is 0 Å². The van der Waals surface area contributed by atoms with E-state index in [2.05, 4.69) is 5.32 Å². The minimum absolute atomic E-state index is 0.0413. The number of carbonyl (C=O) groups is 5. The first-order valence-electron chi connectivity index (χ1n) is 11.2. The van der Waals surface area contributed by atoms with E-state index in [0.29, 0.717) is 5.69 Å². The lowest BCUT2D eigenvalue weighted by Gasteiger charge is -2.42. The van der Waals surface area contributed by atoms with Gasteiger partial charge in [0.05, 0.1) is 5.69 Å². The van der Waals surface area contributed by atoms with Gasteiger partial charge in [0.1, 0.15) is 23.7 Å². The maximum atomic E-state index is 13.2. The molecular weight excluding hydrogens is 480 g/mol. The number of likely N-dealkylation sites (N-methyl/N-ethyl adjacent to an activating group) is 1. The van der Waals surface area contributed by atoms with Gasteiger partial charge in [0.25, 0.3) is 11.8 Å². The minimum Gasteiger partial charge on any atom is -0.427 e. The molecule has 37 heavy (non-hydrogen) atoms. The van der Waals surface area contributed by atoms with Crippen molar-refractivity contribution in [2.75, 3.05) is 11.9 Å². The Morgan fingerprint density at radius 3 is 2.11 bits per heavy atom. The topological polar surface area (TPSA) is 148 Å². The quantitative estimate of drug-likeness (QED) is 0.397. The van der Waals surface area contributed by atoms with Gasteiger partial charge in [0.2, 0.25) is 0 Å². The molecule has 0 aromatic heterocycles. The van der Waals surface area contributed by atoms with Crippen molar-refractivity contribution in [3.63, 3.8) is 0 Å². The Bertz CT molecular complexity index is 1400. The molecule has 190 valence electrons. The molecule has 0 bridgehead atoms. The highest BCUT2D eigenvalue weighted by molar-refractivity contribution is 6.13. The van der Waals surface area contributed by atoms with Crippen LogP contribution in [0.5, 0.6) is 11.5 Å². The molecule has 3 aromatic rings. The van der Waals surface area contributed by atoms with Crippen LogP contribution in [0.1, 0.15) is 24.2 Å². The van der Waals surface area contributed by atoms with Crippen molar-refractivity contribution in [2.45, 2.75) is 26.1 Å². The Morgan fingerprint density at radius 2 is 1.49 bits per heavy atom. The van der Waals surface area contributed by atoms with E-state index < -0.39 is 42.0 Å². The number of carbonyl (C=O) groups excluding carboxylic acids is 5. The number of amides is 4. The predicted molar refractivity (Wildman–Crippen MR) is 133 cm³/mol. The van der Waals surface area contributed by atoms with E-state index in [0.717, 1.165) is 15.7 Å². The summed E-state index contributed by atoms with van der Waals surface area (Å²) in [6, 6.07) is 14.5. The van der Waals surface area contributed by atoms with Crippen LogP contribution in [0.3, 0.4) is 0 Å². The average Bonchev–Trinajstić information content (AvgIpc) is 2.84. The molecule has 0 aliphatic carbocycles. The summed E-state index contributed by atoms with van der Waals surface area (Å²) < 4.78 is 10.1. The molecule has 0 saturated carbocycles. The summed E-state index contributed by atoms with van der Waals surface area (Å²) in [7, 11) is 1.30. The summed E-state index contributed by atoms with van der Waals surface area (Å²) in [5.74, 6) is -2.86. The lowest BCUT2D eigenvalue weighted by atomic mass is 10.0. The molecule has 3 aromatic carbocycles. The lowest BCUT2D eigenvalue weighted by Crippen LogP contribution is -2.71. The molecule has 1 saturated heterocycles. The number of urea groups is 1. The van der Waals surface area contributed by atoms with Crippen LogP contribution < -0.4 is 25.4 Å². The first-order valence-corrected chi connectivity index (χ1v) is 11.2. The molecule has 2 unspecified atom stereocenters. The molecule has 0 spiro atoms. The Kier molecular flexibility index (Phi) is 6.89. The highest BCUT2D eigenvalue weighted by atomic mass is 16.5. The summed E-state index contributed by atoms with van der Waals surface area (Å²) in [6.07, 6.45) is -1.24. The summed E-state index contributed by atoms with van der Waals surface area (Å²) in [4.78, 5) is 64.3. The third kappa shape index (κ3) is 5.11. The number of benzene rings is 3. The number of rotatable bonds is 5. The van der Waals surface area contributed by atoms with E-state index in [1.807, 2.05) is 30.3 Å². The van der Waals surface area contributed by atoms with Crippen LogP contribution in [0.4, 0.5) is 10.5 Å². The second-order valence-corrected chi connectivity index (χ2v) is 8.37. The summed E-state index contributed by atoms with van der Waals surface area (Å²) >= 11 is 0. The predicted octanol–water partition coefficient (Wildman–Crippen LogP) is 2.17. The van der Waals surface area contributed by atoms with E-state index in [1.54, 1.807) is 12.1 Å². The van der Waals surface area contributed by atoms with Crippen LogP contribution in [0.15, 0.2) is 60.7 Å². The number of anilines is 1. The summed E-state index contributed by atoms with van der Waals surface area (Å²) in [6.45, 7) is 2.35. The average molecular weight is 504 g/mol. The van der Waals surface area contributed by atoms with Crippen LogP contribution in [-0.4, -0.2) is 53.9 Å². The maximum Gasteiger partial charge on any atom is 0.332 e. The maximum absolute atomic E-state index is 13.2. The highest BCUT2D eigenvalue weighted by Gasteiger charge is 2.45. The van der Waals surface area contributed by atoms with Crippen LogP contribution >= 0.6 is 0 Å². The Morgan fingerprint density at radius 1 is 0.892 bits per heavy atom. The Hall–Kier alpha value is -4.77. The highest BCUT2D eigenvalue weighted by Crippen LogP contribution is 2.31. The number of hydrogen-bond donors (Lipinski definition) is 2. The zero-order chi connectivity index (χ0) is 26.9. The number of esters is 2. The molecule has 3 N–H and O–H groups in total. The van der Waals surface area contributed by atoms with Gasteiger partial charge in [0.15, 0.2) is 0 Å². The normalized spacial score (nSPS) is 17.5.